The number of ketones is 1. The number of hydrogen-bond donors (Lipinski definition) is 0. The second kappa shape index (κ2) is 3.29. The minimum Gasteiger partial charge on any atom is -0.367 e. The van der Waals surface area contributed by atoms with Crippen molar-refractivity contribution < 1.29 is 9.53 Å². The first-order chi connectivity index (χ1) is 6.83. The van der Waals surface area contributed by atoms with Crippen molar-refractivity contribution in [1.29, 1.82) is 0 Å². The Balaban J connectivity index is 2.11. The van der Waals surface area contributed by atoms with E-state index in [4.69, 9.17) is 4.74 Å². The van der Waals surface area contributed by atoms with E-state index in [0.717, 1.165) is 10.9 Å². The highest BCUT2D eigenvalue weighted by Crippen LogP contribution is 2.48. The van der Waals surface area contributed by atoms with Crippen LogP contribution in [0.5, 0.6) is 0 Å². The zero-order valence-electron chi connectivity index (χ0n) is 9.21. The lowest BCUT2D eigenvalue weighted by Gasteiger charge is -2.27. The van der Waals surface area contributed by atoms with Gasteiger partial charge in [0.15, 0.2) is 5.78 Å². The molecule has 0 amide bonds. The molecule has 1 heterocycles. The lowest BCUT2D eigenvalue weighted by atomic mass is 9.80. The molecule has 2 nitrogen and oxygen atoms in total. The molecule has 2 rings (SSSR count). The van der Waals surface area contributed by atoms with Crippen LogP contribution in [-0.2, 0) is 9.53 Å². The van der Waals surface area contributed by atoms with E-state index in [0.29, 0.717) is 6.10 Å². The lowest BCUT2D eigenvalue weighted by Crippen LogP contribution is -2.22. The van der Waals surface area contributed by atoms with Gasteiger partial charge in [-0.25, -0.2) is 0 Å². The Bertz CT molecular complexity index is 368. The van der Waals surface area contributed by atoms with Crippen molar-refractivity contribution in [2.45, 2.75) is 38.9 Å². The van der Waals surface area contributed by atoms with Crippen LogP contribution in [0.25, 0.3) is 0 Å². The molecule has 0 aromatic heterocycles. The number of rotatable bonds is 2. The number of allylic oxidation sites excluding steroid dienone is 4. The molecule has 1 aliphatic carbocycles. The zero-order chi connectivity index (χ0) is 11.3. The summed E-state index contributed by atoms with van der Waals surface area (Å²) in [7, 11) is 0. The number of carbonyl (C=O) groups is 1. The normalized spacial score (nSPS) is 37.7. The number of halogens is 1. The van der Waals surface area contributed by atoms with Crippen LogP contribution in [0.1, 0.15) is 27.2 Å². The van der Waals surface area contributed by atoms with E-state index >= 15 is 0 Å². The molecular formula is C12H15BrO2. The second-order valence-electron chi connectivity index (χ2n) is 5.06. The van der Waals surface area contributed by atoms with E-state index < -0.39 is 0 Å². The van der Waals surface area contributed by atoms with Crippen LogP contribution >= 0.6 is 15.9 Å². The maximum atomic E-state index is 11.2. The molecule has 2 unspecified atom stereocenters. The summed E-state index contributed by atoms with van der Waals surface area (Å²) in [5, 5.41) is 0. The van der Waals surface area contributed by atoms with Crippen molar-refractivity contribution in [1.82, 2.24) is 0 Å². The first kappa shape index (κ1) is 11.1. The van der Waals surface area contributed by atoms with Gasteiger partial charge >= 0.3 is 0 Å². The van der Waals surface area contributed by atoms with Crippen molar-refractivity contribution >= 4 is 21.7 Å². The Labute approximate surface area is 98.5 Å². The molecule has 0 aromatic carbocycles. The van der Waals surface area contributed by atoms with Gasteiger partial charge in [0.05, 0.1) is 11.7 Å². The van der Waals surface area contributed by atoms with Crippen LogP contribution < -0.4 is 0 Å². The number of epoxide rings is 1. The SMILES string of the molecule is CC1(CC2OC2(C)C)C=CC(=O)C=C1Br. The van der Waals surface area contributed by atoms with Gasteiger partial charge in [-0.15, -0.1) is 0 Å². The molecule has 0 saturated carbocycles. The Morgan fingerprint density at radius 2 is 2.07 bits per heavy atom. The van der Waals surface area contributed by atoms with Gasteiger partial charge in [0.2, 0.25) is 0 Å². The molecule has 0 aromatic rings. The van der Waals surface area contributed by atoms with Crippen LogP contribution in [0.2, 0.25) is 0 Å². The summed E-state index contributed by atoms with van der Waals surface area (Å²) in [5.41, 5.74) is -0.0854. The third-order valence-corrected chi connectivity index (χ3v) is 4.34. The Morgan fingerprint density at radius 3 is 2.53 bits per heavy atom. The predicted octanol–water partition coefficient (Wildman–Crippen LogP) is 2.98. The van der Waals surface area contributed by atoms with Gasteiger partial charge < -0.3 is 4.74 Å². The molecule has 0 N–H and O–H groups in total. The summed E-state index contributed by atoms with van der Waals surface area (Å²) >= 11 is 3.48. The van der Waals surface area contributed by atoms with Gasteiger partial charge in [-0.05, 0) is 32.4 Å². The lowest BCUT2D eigenvalue weighted by molar-refractivity contribution is -0.110. The highest BCUT2D eigenvalue weighted by molar-refractivity contribution is 9.11. The molecule has 15 heavy (non-hydrogen) atoms. The summed E-state index contributed by atoms with van der Waals surface area (Å²) in [6.07, 6.45) is 6.47. The molecule has 1 fully saturated rings. The van der Waals surface area contributed by atoms with Crippen molar-refractivity contribution in [3.8, 4) is 0 Å². The number of hydrogen-bond acceptors (Lipinski definition) is 2. The Hall–Kier alpha value is -0.410. The Kier molecular flexibility index (Phi) is 2.43. The fourth-order valence-electron chi connectivity index (χ4n) is 1.85. The largest absolute Gasteiger partial charge is 0.367 e. The van der Waals surface area contributed by atoms with E-state index in [-0.39, 0.29) is 16.8 Å². The predicted molar refractivity (Wildman–Crippen MR) is 62.8 cm³/mol. The molecule has 82 valence electrons. The fraction of sp³-hybridized carbons (Fsp3) is 0.583. The van der Waals surface area contributed by atoms with E-state index in [1.165, 1.54) is 0 Å². The highest BCUT2D eigenvalue weighted by Gasteiger charge is 2.51. The number of carbonyl (C=O) groups excluding carboxylic acids is 1. The average molecular weight is 271 g/mol. The minimum absolute atomic E-state index is 0.00554. The highest BCUT2D eigenvalue weighted by atomic mass is 79.9. The molecule has 2 atom stereocenters. The quantitative estimate of drug-likeness (QED) is 0.722. The average Bonchev–Trinajstić information content (AvgIpc) is 2.68. The maximum absolute atomic E-state index is 11.2. The van der Waals surface area contributed by atoms with Gasteiger partial charge in [-0.3, -0.25) is 4.79 Å². The topological polar surface area (TPSA) is 29.6 Å². The molecule has 3 heteroatoms. The first-order valence-corrected chi connectivity index (χ1v) is 5.91. The zero-order valence-corrected chi connectivity index (χ0v) is 10.8. The van der Waals surface area contributed by atoms with Gasteiger partial charge in [0, 0.05) is 9.90 Å². The fourth-order valence-corrected chi connectivity index (χ4v) is 2.37. The van der Waals surface area contributed by atoms with E-state index in [1.54, 1.807) is 12.2 Å². The van der Waals surface area contributed by atoms with Gasteiger partial charge in [-0.2, -0.15) is 0 Å². The first-order valence-electron chi connectivity index (χ1n) is 5.12. The maximum Gasteiger partial charge on any atom is 0.179 e. The van der Waals surface area contributed by atoms with Gasteiger partial charge in [0.25, 0.3) is 0 Å². The third kappa shape index (κ3) is 2.08. The van der Waals surface area contributed by atoms with Crippen LogP contribution in [0, 0.1) is 5.41 Å². The van der Waals surface area contributed by atoms with Gasteiger partial charge in [-0.1, -0.05) is 28.9 Å². The van der Waals surface area contributed by atoms with E-state index in [1.807, 2.05) is 6.08 Å². The summed E-state index contributed by atoms with van der Waals surface area (Å²) in [5.74, 6) is 0.0512. The molecule has 0 bridgehead atoms. The molecule has 2 aliphatic rings. The van der Waals surface area contributed by atoms with Crippen molar-refractivity contribution in [2.75, 3.05) is 0 Å². The van der Waals surface area contributed by atoms with E-state index in [2.05, 4.69) is 36.7 Å². The van der Waals surface area contributed by atoms with Crippen molar-refractivity contribution in [3.63, 3.8) is 0 Å². The molecule has 1 aliphatic heterocycles. The van der Waals surface area contributed by atoms with Crippen molar-refractivity contribution in [2.24, 2.45) is 5.41 Å². The Morgan fingerprint density at radius 1 is 1.47 bits per heavy atom. The monoisotopic (exact) mass is 270 g/mol. The molecule has 0 spiro atoms. The molecule has 0 radical (unpaired) electrons. The third-order valence-electron chi connectivity index (χ3n) is 3.20. The van der Waals surface area contributed by atoms with E-state index in [9.17, 15) is 4.79 Å². The summed E-state index contributed by atoms with van der Waals surface area (Å²) in [6, 6.07) is 0. The van der Waals surface area contributed by atoms with Crippen LogP contribution in [-0.4, -0.2) is 17.5 Å². The standard InChI is InChI=1S/C12H15BrO2/c1-11(2)10(15-11)7-12(3)5-4-8(14)6-9(12)13/h4-6,10H,7H2,1-3H3. The van der Waals surface area contributed by atoms with Crippen LogP contribution in [0.15, 0.2) is 22.7 Å². The molecule has 1 saturated heterocycles. The minimum atomic E-state index is -0.0909. The second-order valence-corrected chi connectivity index (χ2v) is 5.91. The summed E-state index contributed by atoms with van der Waals surface area (Å²) in [4.78, 5) is 11.2. The van der Waals surface area contributed by atoms with Gasteiger partial charge in [0.1, 0.15) is 0 Å². The smallest absolute Gasteiger partial charge is 0.179 e. The molecular weight excluding hydrogens is 256 g/mol. The van der Waals surface area contributed by atoms with Crippen LogP contribution in [0.4, 0.5) is 0 Å². The van der Waals surface area contributed by atoms with Crippen molar-refractivity contribution in [3.05, 3.63) is 22.7 Å². The number of ether oxygens (including phenoxy) is 1. The van der Waals surface area contributed by atoms with Crippen LogP contribution in [0.3, 0.4) is 0 Å². The summed E-state index contributed by atoms with van der Waals surface area (Å²) in [6.45, 7) is 6.31. The summed E-state index contributed by atoms with van der Waals surface area (Å²) < 4.78 is 6.53.